The summed E-state index contributed by atoms with van der Waals surface area (Å²) in [7, 11) is -1.12. The van der Waals surface area contributed by atoms with E-state index in [1.165, 1.54) is 0 Å². The molecule has 1 fully saturated rings. The smallest absolute Gasteiger partial charge is 0.252 e. The lowest BCUT2D eigenvalue weighted by molar-refractivity contribution is 0.596. The van der Waals surface area contributed by atoms with Crippen LogP contribution in [0.5, 0.6) is 0 Å². The van der Waals surface area contributed by atoms with Gasteiger partial charge in [0.15, 0.2) is 9.84 Å². The van der Waals surface area contributed by atoms with Gasteiger partial charge in [0.2, 0.25) is 0 Å². The van der Waals surface area contributed by atoms with Crippen LogP contribution in [0.4, 0.5) is 5.69 Å². The van der Waals surface area contributed by atoms with Gasteiger partial charge in [-0.1, -0.05) is 18.2 Å². The van der Waals surface area contributed by atoms with Crippen molar-refractivity contribution in [3.05, 3.63) is 40.7 Å². The maximum absolute atomic E-state index is 12.0. The molecule has 2 aromatic rings. The van der Waals surface area contributed by atoms with Gasteiger partial charge in [-0.2, -0.15) is 0 Å². The number of aryl methyl sites for hydroxylation is 1. The molecule has 0 bridgehead atoms. The van der Waals surface area contributed by atoms with E-state index in [4.69, 9.17) is 0 Å². The van der Waals surface area contributed by atoms with Crippen LogP contribution < -0.4 is 10.9 Å². The second-order valence-corrected chi connectivity index (χ2v) is 7.85. The predicted molar refractivity (Wildman–Crippen MR) is 84.4 cm³/mol. The standard InChI is InChI=1S/C15H18N2O3S/c1-17-14-5-3-2-4-12(14)13(8-15(17)18)16-9-11-6-7-21(19,20)10-11/h2-5,8,11,16H,6-7,9-10H2,1H3. The van der Waals surface area contributed by atoms with Gasteiger partial charge in [-0.25, -0.2) is 8.42 Å². The van der Waals surface area contributed by atoms with E-state index in [-0.39, 0.29) is 23.0 Å². The van der Waals surface area contributed by atoms with Crippen molar-refractivity contribution in [3.8, 4) is 0 Å². The van der Waals surface area contributed by atoms with E-state index >= 15 is 0 Å². The van der Waals surface area contributed by atoms with Gasteiger partial charge in [0.25, 0.3) is 5.56 Å². The molecule has 6 heteroatoms. The van der Waals surface area contributed by atoms with Gasteiger partial charge in [-0.15, -0.1) is 0 Å². The van der Waals surface area contributed by atoms with Gasteiger partial charge < -0.3 is 9.88 Å². The van der Waals surface area contributed by atoms with Crippen LogP contribution >= 0.6 is 0 Å². The van der Waals surface area contributed by atoms with Crippen molar-refractivity contribution >= 4 is 26.4 Å². The molecule has 0 amide bonds. The Hall–Kier alpha value is -1.82. The minimum Gasteiger partial charge on any atom is -0.384 e. The van der Waals surface area contributed by atoms with Crippen LogP contribution in [0.25, 0.3) is 10.9 Å². The van der Waals surface area contributed by atoms with E-state index in [9.17, 15) is 13.2 Å². The number of hydrogen-bond acceptors (Lipinski definition) is 4. The van der Waals surface area contributed by atoms with Gasteiger partial charge in [0.05, 0.1) is 17.0 Å². The summed E-state index contributed by atoms with van der Waals surface area (Å²) >= 11 is 0. The average Bonchev–Trinajstić information content (AvgIpc) is 2.81. The fourth-order valence-electron chi connectivity index (χ4n) is 2.84. The molecule has 0 saturated carbocycles. The Morgan fingerprint density at radius 1 is 1.33 bits per heavy atom. The number of benzene rings is 1. The SMILES string of the molecule is Cn1c(=O)cc(NCC2CCS(=O)(=O)C2)c2ccccc21. The van der Waals surface area contributed by atoms with Crippen LogP contribution in [-0.4, -0.2) is 31.0 Å². The summed E-state index contributed by atoms with van der Waals surface area (Å²) in [6, 6.07) is 9.27. The number of fused-ring (bicyclic) bond motifs is 1. The summed E-state index contributed by atoms with van der Waals surface area (Å²) in [4.78, 5) is 12.0. The van der Waals surface area contributed by atoms with Gasteiger partial charge >= 0.3 is 0 Å². The number of sulfone groups is 1. The molecule has 5 nitrogen and oxygen atoms in total. The van der Waals surface area contributed by atoms with Crippen molar-refractivity contribution in [3.63, 3.8) is 0 Å². The fourth-order valence-corrected chi connectivity index (χ4v) is 4.71. The third-order valence-electron chi connectivity index (χ3n) is 4.06. The number of aromatic nitrogens is 1. The van der Waals surface area contributed by atoms with Crippen LogP contribution in [0.1, 0.15) is 6.42 Å². The van der Waals surface area contributed by atoms with Crippen LogP contribution in [0, 0.1) is 5.92 Å². The Bertz CT molecular complexity index is 840. The van der Waals surface area contributed by atoms with Gasteiger partial charge in [-0.3, -0.25) is 4.79 Å². The second kappa shape index (κ2) is 5.18. The number of nitrogens with zero attached hydrogens (tertiary/aromatic N) is 1. The largest absolute Gasteiger partial charge is 0.384 e. The maximum Gasteiger partial charge on any atom is 0.252 e. The Morgan fingerprint density at radius 3 is 2.81 bits per heavy atom. The first kappa shape index (κ1) is 14.1. The molecule has 0 aliphatic carbocycles. The summed E-state index contributed by atoms with van der Waals surface area (Å²) in [5.41, 5.74) is 1.57. The first-order chi connectivity index (χ1) is 9.96. The second-order valence-electron chi connectivity index (χ2n) is 5.62. The fraction of sp³-hybridized carbons (Fsp3) is 0.400. The van der Waals surface area contributed by atoms with Crippen molar-refractivity contribution in [2.45, 2.75) is 6.42 Å². The lowest BCUT2D eigenvalue weighted by atomic mass is 10.1. The molecule has 0 radical (unpaired) electrons. The Kier molecular flexibility index (Phi) is 3.49. The van der Waals surface area contributed by atoms with Crippen molar-refractivity contribution in [2.24, 2.45) is 13.0 Å². The molecule has 1 N–H and O–H groups in total. The molecule has 1 aromatic carbocycles. The molecular formula is C15H18N2O3S. The third-order valence-corrected chi connectivity index (χ3v) is 5.90. The van der Waals surface area contributed by atoms with E-state index in [2.05, 4.69) is 5.32 Å². The highest BCUT2D eigenvalue weighted by atomic mass is 32.2. The highest BCUT2D eigenvalue weighted by Crippen LogP contribution is 2.23. The van der Waals surface area contributed by atoms with Crippen LogP contribution in [0.3, 0.4) is 0 Å². The van der Waals surface area contributed by atoms with E-state index in [0.717, 1.165) is 16.6 Å². The number of hydrogen-bond donors (Lipinski definition) is 1. The molecule has 1 aromatic heterocycles. The molecule has 1 aliphatic heterocycles. The summed E-state index contributed by atoms with van der Waals surface area (Å²) in [6.45, 7) is 0.580. The highest BCUT2D eigenvalue weighted by molar-refractivity contribution is 7.91. The molecule has 3 rings (SSSR count). The van der Waals surface area contributed by atoms with Crippen molar-refractivity contribution < 1.29 is 8.42 Å². The number of rotatable bonds is 3. The lowest BCUT2D eigenvalue weighted by Gasteiger charge is -2.14. The minimum atomic E-state index is -2.86. The quantitative estimate of drug-likeness (QED) is 0.930. The zero-order valence-electron chi connectivity index (χ0n) is 11.9. The Morgan fingerprint density at radius 2 is 2.10 bits per heavy atom. The normalized spacial score (nSPS) is 20.7. The first-order valence-corrected chi connectivity index (χ1v) is 8.81. The van der Waals surface area contributed by atoms with Crippen molar-refractivity contribution in [2.75, 3.05) is 23.4 Å². The van der Waals surface area contributed by atoms with E-state index in [0.29, 0.717) is 13.0 Å². The molecule has 1 unspecified atom stereocenters. The zero-order valence-corrected chi connectivity index (χ0v) is 12.7. The molecular weight excluding hydrogens is 288 g/mol. The summed E-state index contributed by atoms with van der Waals surface area (Å²) in [5.74, 6) is 0.636. The van der Waals surface area contributed by atoms with Crippen LogP contribution in [0.2, 0.25) is 0 Å². The molecule has 1 atom stereocenters. The monoisotopic (exact) mass is 306 g/mol. The van der Waals surface area contributed by atoms with Crippen molar-refractivity contribution in [1.82, 2.24) is 4.57 Å². The van der Waals surface area contributed by atoms with Crippen LogP contribution in [-0.2, 0) is 16.9 Å². The minimum absolute atomic E-state index is 0.0738. The number of nitrogens with one attached hydrogen (secondary N) is 1. The Labute approximate surface area is 123 Å². The van der Waals surface area contributed by atoms with Crippen molar-refractivity contribution in [1.29, 1.82) is 0 Å². The highest BCUT2D eigenvalue weighted by Gasteiger charge is 2.27. The van der Waals surface area contributed by atoms with E-state index < -0.39 is 9.84 Å². The Balaban J connectivity index is 1.88. The van der Waals surface area contributed by atoms with Crippen LogP contribution in [0.15, 0.2) is 35.1 Å². The molecule has 112 valence electrons. The number of para-hydroxylation sites is 1. The average molecular weight is 306 g/mol. The molecule has 21 heavy (non-hydrogen) atoms. The molecule has 2 heterocycles. The van der Waals surface area contributed by atoms with Gasteiger partial charge in [-0.05, 0) is 18.4 Å². The summed E-state index contributed by atoms with van der Waals surface area (Å²) in [6.07, 6.45) is 0.693. The topological polar surface area (TPSA) is 68.2 Å². The van der Waals surface area contributed by atoms with Gasteiger partial charge in [0, 0.05) is 30.7 Å². The molecule has 1 aliphatic rings. The van der Waals surface area contributed by atoms with E-state index in [1.807, 2.05) is 24.3 Å². The first-order valence-electron chi connectivity index (χ1n) is 6.99. The number of pyridine rings is 1. The maximum atomic E-state index is 12.0. The third kappa shape index (κ3) is 2.81. The lowest BCUT2D eigenvalue weighted by Crippen LogP contribution is -2.20. The van der Waals surface area contributed by atoms with Gasteiger partial charge in [0.1, 0.15) is 0 Å². The van der Waals surface area contributed by atoms with E-state index in [1.54, 1.807) is 17.7 Å². The number of anilines is 1. The summed E-state index contributed by atoms with van der Waals surface area (Å²) in [5, 5.41) is 4.23. The summed E-state index contributed by atoms with van der Waals surface area (Å²) < 4.78 is 24.6. The molecule has 1 saturated heterocycles. The predicted octanol–water partition coefficient (Wildman–Crippen LogP) is 1.39. The zero-order chi connectivity index (χ0) is 15.0. The molecule has 0 spiro atoms.